The van der Waals surface area contributed by atoms with Crippen LogP contribution in [0, 0.1) is 10.8 Å². The number of amides is 2. The Morgan fingerprint density at radius 2 is 1.38 bits per heavy atom. The summed E-state index contributed by atoms with van der Waals surface area (Å²) in [5.41, 5.74) is -0.358. The normalized spacial score (nSPS) is 12.1. The molecule has 0 aromatic rings. The standard InChI is InChI=1S/C15H30N2O4/c1-6-12(19)16-8-14(2,3)10-21-11-15(4,5)9-17-13(20)7-18/h18H,6-11H2,1-5H3,(H,16,19)(H,17,20). The average Bonchev–Trinajstić information content (AvgIpc) is 2.41. The van der Waals surface area contributed by atoms with Gasteiger partial charge in [0.25, 0.3) is 0 Å². The molecule has 0 bridgehead atoms. The zero-order valence-electron chi connectivity index (χ0n) is 13.9. The molecule has 0 unspecified atom stereocenters. The van der Waals surface area contributed by atoms with Crippen LogP contribution < -0.4 is 10.6 Å². The maximum atomic E-state index is 11.3. The summed E-state index contributed by atoms with van der Waals surface area (Å²) in [7, 11) is 0. The zero-order chi connectivity index (χ0) is 16.5. The van der Waals surface area contributed by atoms with Crippen molar-refractivity contribution in [2.24, 2.45) is 10.8 Å². The number of carbonyl (C=O) groups is 2. The van der Waals surface area contributed by atoms with Gasteiger partial charge in [0, 0.05) is 30.3 Å². The Balaban J connectivity index is 4.03. The first-order valence-corrected chi connectivity index (χ1v) is 7.34. The first-order valence-electron chi connectivity index (χ1n) is 7.34. The fourth-order valence-electron chi connectivity index (χ4n) is 1.56. The van der Waals surface area contributed by atoms with E-state index in [1.165, 1.54) is 0 Å². The second-order valence-electron chi connectivity index (χ2n) is 6.89. The quantitative estimate of drug-likeness (QED) is 0.554. The van der Waals surface area contributed by atoms with Gasteiger partial charge in [0.05, 0.1) is 13.2 Å². The molecule has 0 aliphatic rings. The summed E-state index contributed by atoms with van der Waals surface area (Å²) < 4.78 is 5.73. The Bertz CT molecular complexity index is 309. The van der Waals surface area contributed by atoms with E-state index >= 15 is 0 Å². The van der Waals surface area contributed by atoms with E-state index in [1.807, 2.05) is 34.6 Å². The van der Waals surface area contributed by atoms with E-state index in [4.69, 9.17) is 9.84 Å². The number of rotatable bonds is 10. The molecule has 0 aromatic heterocycles. The summed E-state index contributed by atoms with van der Waals surface area (Å²) >= 11 is 0. The fourth-order valence-corrected chi connectivity index (χ4v) is 1.56. The number of hydrogen-bond acceptors (Lipinski definition) is 4. The summed E-state index contributed by atoms with van der Waals surface area (Å²) in [6.07, 6.45) is 0.481. The van der Waals surface area contributed by atoms with Crippen molar-refractivity contribution >= 4 is 11.8 Å². The third-order valence-corrected chi connectivity index (χ3v) is 2.98. The summed E-state index contributed by atoms with van der Waals surface area (Å²) in [6, 6.07) is 0. The molecule has 2 amide bonds. The summed E-state index contributed by atoms with van der Waals surface area (Å²) in [4.78, 5) is 22.3. The SMILES string of the molecule is CCC(=O)NCC(C)(C)COCC(C)(C)CNC(=O)CO. The van der Waals surface area contributed by atoms with Crippen LogP contribution in [0.2, 0.25) is 0 Å². The summed E-state index contributed by atoms with van der Waals surface area (Å²) in [5, 5.41) is 14.2. The number of aliphatic hydroxyl groups is 1. The molecular formula is C15H30N2O4. The lowest BCUT2D eigenvalue weighted by atomic mass is 9.93. The van der Waals surface area contributed by atoms with E-state index < -0.39 is 6.61 Å². The third kappa shape index (κ3) is 10.3. The lowest BCUT2D eigenvalue weighted by Crippen LogP contribution is -2.40. The molecule has 6 nitrogen and oxygen atoms in total. The molecule has 0 aromatic carbocycles. The highest BCUT2D eigenvalue weighted by Crippen LogP contribution is 2.18. The highest BCUT2D eigenvalue weighted by atomic mass is 16.5. The van der Waals surface area contributed by atoms with Gasteiger partial charge in [-0.2, -0.15) is 0 Å². The number of nitrogens with one attached hydrogen (secondary N) is 2. The van der Waals surface area contributed by atoms with Crippen LogP contribution in [0.5, 0.6) is 0 Å². The molecule has 0 rings (SSSR count). The highest BCUT2D eigenvalue weighted by Gasteiger charge is 2.23. The maximum absolute atomic E-state index is 11.3. The minimum Gasteiger partial charge on any atom is -0.387 e. The molecule has 0 radical (unpaired) electrons. The largest absolute Gasteiger partial charge is 0.387 e. The Labute approximate surface area is 127 Å². The van der Waals surface area contributed by atoms with Crippen molar-refractivity contribution in [2.75, 3.05) is 32.9 Å². The first kappa shape index (κ1) is 19.9. The predicted octanol–water partition coefficient (Wildman–Crippen LogP) is 0.690. The van der Waals surface area contributed by atoms with Crippen molar-refractivity contribution in [1.82, 2.24) is 10.6 Å². The topological polar surface area (TPSA) is 87.7 Å². The Kier molecular flexibility index (Phi) is 8.51. The Morgan fingerprint density at radius 1 is 0.952 bits per heavy atom. The molecule has 0 aliphatic carbocycles. The molecule has 124 valence electrons. The second kappa shape index (κ2) is 9.00. The molecule has 0 atom stereocenters. The summed E-state index contributed by atoms with van der Waals surface area (Å²) in [5.74, 6) is -0.346. The average molecular weight is 302 g/mol. The predicted molar refractivity (Wildman–Crippen MR) is 81.8 cm³/mol. The van der Waals surface area contributed by atoms with Crippen LogP contribution in [-0.4, -0.2) is 49.8 Å². The number of hydrogen-bond donors (Lipinski definition) is 3. The number of ether oxygens (including phenoxy) is 1. The zero-order valence-corrected chi connectivity index (χ0v) is 13.9. The van der Waals surface area contributed by atoms with Crippen molar-refractivity contribution in [1.29, 1.82) is 0 Å². The van der Waals surface area contributed by atoms with Crippen molar-refractivity contribution in [3.05, 3.63) is 0 Å². The van der Waals surface area contributed by atoms with E-state index in [1.54, 1.807) is 0 Å². The van der Waals surface area contributed by atoms with Gasteiger partial charge in [-0.3, -0.25) is 9.59 Å². The number of carbonyl (C=O) groups excluding carboxylic acids is 2. The lowest BCUT2D eigenvalue weighted by molar-refractivity contribution is -0.124. The fraction of sp³-hybridized carbons (Fsp3) is 0.867. The maximum Gasteiger partial charge on any atom is 0.245 e. The van der Waals surface area contributed by atoms with E-state index in [0.29, 0.717) is 32.7 Å². The van der Waals surface area contributed by atoms with Crippen molar-refractivity contribution in [3.8, 4) is 0 Å². The van der Waals surface area contributed by atoms with Gasteiger partial charge in [-0.1, -0.05) is 34.6 Å². The van der Waals surface area contributed by atoms with Crippen LogP contribution in [0.15, 0.2) is 0 Å². The molecular weight excluding hydrogens is 272 g/mol. The van der Waals surface area contributed by atoms with Crippen LogP contribution >= 0.6 is 0 Å². The van der Waals surface area contributed by atoms with Gasteiger partial charge in [-0.05, 0) is 0 Å². The molecule has 0 aliphatic heterocycles. The Hall–Kier alpha value is -1.14. The smallest absolute Gasteiger partial charge is 0.245 e. The second-order valence-corrected chi connectivity index (χ2v) is 6.89. The molecule has 0 heterocycles. The van der Waals surface area contributed by atoms with Gasteiger partial charge < -0.3 is 20.5 Å². The molecule has 0 fully saturated rings. The van der Waals surface area contributed by atoms with E-state index in [-0.39, 0.29) is 22.6 Å². The van der Waals surface area contributed by atoms with E-state index in [2.05, 4.69) is 10.6 Å². The van der Waals surface area contributed by atoms with Gasteiger partial charge in [0.2, 0.25) is 11.8 Å². The molecule has 0 spiro atoms. The van der Waals surface area contributed by atoms with Crippen molar-refractivity contribution in [2.45, 2.75) is 41.0 Å². The van der Waals surface area contributed by atoms with Crippen LogP contribution in [0.3, 0.4) is 0 Å². The van der Waals surface area contributed by atoms with E-state index in [9.17, 15) is 9.59 Å². The highest BCUT2D eigenvalue weighted by molar-refractivity contribution is 5.76. The van der Waals surface area contributed by atoms with Gasteiger partial charge in [0.1, 0.15) is 6.61 Å². The molecule has 21 heavy (non-hydrogen) atoms. The van der Waals surface area contributed by atoms with Crippen LogP contribution in [-0.2, 0) is 14.3 Å². The Morgan fingerprint density at radius 3 is 1.76 bits per heavy atom. The van der Waals surface area contributed by atoms with E-state index in [0.717, 1.165) is 0 Å². The molecule has 0 saturated heterocycles. The summed E-state index contributed by atoms with van der Waals surface area (Å²) in [6.45, 7) is 11.4. The number of aliphatic hydroxyl groups excluding tert-OH is 1. The first-order chi connectivity index (χ1) is 9.62. The van der Waals surface area contributed by atoms with Crippen LogP contribution in [0.1, 0.15) is 41.0 Å². The monoisotopic (exact) mass is 302 g/mol. The minimum absolute atomic E-state index is 0.0371. The van der Waals surface area contributed by atoms with Crippen LogP contribution in [0.25, 0.3) is 0 Å². The van der Waals surface area contributed by atoms with Gasteiger partial charge in [0.15, 0.2) is 0 Å². The minimum atomic E-state index is -0.499. The molecule has 3 N–H and O–H groups in total. The lowest BCUT2D eigenvalue weighted by Gasteiger charge is -2.29. The van der Waals surface area contributed by atoms with Gasteiger partial charge >= 0.3 is 0 Å². The molecule has 6 heteroatoms. The third-order valence-electron chi connectivity index (χ3n) is 2.98. The van der Waals surface area contributed by atoms with Gasteiger partial charge in [-0.25, -0.2) is 0 Å². The van der Waals surface area contributed by atoms with Crippen molar-refractivity contribution < 1.29 is 19.4 Å². The van der Waals surface area contributed by atoms with Crippen LogP contribution in [0.4, 0.5) is 0 Å². The van der Waals surface area contributed by atoms with Gasteiger partial charge in [-0.15, -0.1) is 0 Å². The molecule has 0 saturated carbocycles. The van der Waals surface area contributed by atoms with Crippen molar-refractivity contribution in [3.63, 3.8) is 0 Å².